The SMILES string of the molecule is COc1cc(C)ccc1OCc1ccc(B2OC(C)(C)C(C)(C)O2)cc1. The molecule has 1 aliphatic rings. The molecule has 0 amide bonds. The molecular weight excluding hydrogens is 327 g/mol. The van der Waals surface area contributed by atoms with E-state index in [2.05, 4.69) is 27.7 Å². The van der Waals surface area contributed by atoms with Gasteiger partial charge in [-0.1, -0.05) is 30.3 Å². The van der Waals surface area contributed by atoms with Crippen LogP contribution in [0.25, 0.3) is 0 Å². The number of rotatable bonds is 5. The first-order valence-corrected chi connectivity index (χ1v) is 8.94. The van der Waals surface area contributed by atoms with E-state index in [1.807, 2.05) is 49.4 Å². The molecule has 3 rings (SSSR count). The highest BCUT2D eigenvalue weighted by Crippen LogP contribution is 2.36. The first-order chi connectivity index (χ1) is 12.2. The fourth-order valence-corrected chi connectivity index (χ4v) is 2.81. The van der Waals surface area contributed by atoms with Gasteiger partial charge in [0.25, 0.3) is 0 Å². The third-order valence-corrected chi connectivity index (χ3v) is 5.22. The van der Waals surface area contributed by atoms with Crippen molar-refractivity contribution in [1.82, 2.24) is 0 Å². The van der Waals surface area contributed by atoms with E-state index in [9.17, 15) is 0 Å². The summed E-state index contributed by atoms with van der Waals surface area (Å²) in [6, 6.07) is 14.1. The average Bonchev–Trinajstić information content (AvgIpc) is 2.82. The summed E-state index contributed by atoms with van der Waals surface area (Å²) in [6.45, 7) is 10.7. The number of methoxy groups -OCH3 is 1. The zero-order valence-corrected chi connectivity index (χ0v) is 16.5. The third kappa shape index (κ3) is 3.74. The summed E-state index contributed by atoms with van der Waals surface area (Å²) in [5, 5.41) is 0. The Kier molecular flexibility index (Phi) is 5.04. The average molecular weight is 354 g/mol. The predicted molar refractivity (Wildman–Crippen MR) is 104 cm³/mol. The van der Waals surface area contributed by atoms with Crippen LogP contribution in [0.2, 0.25) is 0 Å². The highest BCUT2D eigenvalue weighted by Gasteiger charge is 2.51. The van der Waals surface area contributed by atoms with Crippen molar-refractivity contribution in [2.75, 3.05) is 7.11 Å². The van der Waals surface area contributed by atoms with Gasteiger partial charge in [-0.05, 0) is 63.3 Å². The Labute approximate surface area is 156 Å². The van der Waals surface area contributed by atoms with E-state index in [-0.39, 0.29) is 18.3 Å². The Balaban J connectivity index is 1.66. The standard InChI is InChI=1S/C21H27BO4/c1-15-7-12-18(19(13-15)23-6)24-14-16-8-10-17(11-9-16)22-25-20(2,3)21(4,5)26-22/h7-13H,14H2,1-6H3. The van der Waals surface area contributed by atoms with E-state index in [0.717, 1.165) is 28.1 Å². The van der Waals surface area contributed by atoms with Gasteiger partial charge in [0.2, 0.25) is 0 Å². The molecule has 1 fully saturated rings. The van der Waals surface area contributed by atoms with E-state index in [1.165, 1.54) is 0 Å². The van der Waals surface area contributed by atoms with Crippen LogP contribution in [0.1, 0.15) is 38.8 Å². The maximum absolute atomic E-state index is 6.09. The second-order valence-electron chi connectivity index (χ2n) is 7.77. The number of benzene rings is 2. The van der Waals surface area contributed by atoms with Crippen molar-refractivity contribution in [3.05, 3.63) is 53.6 Å². The Bertz CT molecular complexity index is 752. The maximum Gasteiger partial charge on any atom is 0.494 e. The summed E-state index contributed by atoms with van der Waals surface area (Å²) >= 11 is 0. The lowest BCUT2D eigenvalue weighted by atomic mass is 9.79. The fraction of sp³-hybridized carbons (Fsp3) is 0.429. The summed E-state index contributed by atoms with van der Waals surface area (Å²) in [6.07, 6.45) is 0. The number of hydrogen-bond acceptors (Lipinski definition) is 4. The van der Waals surface area contributed by atoms with Crippen molar-refractivity contribution in [2.24, 2.45) is 0 Å². The molecule has 0 radical (unpaired) electrons. The van der Waals surface area contributed by atoms with E-state index < -0.39 is 0 Å². The molecule has 1 saturated heterocycles. The summed E-state index contributed by atoms with van der Waals surface area (Å²) < 4.78 is 23.5. The Morgan fingerprint density at radius 1 is 0.885 bits per heavy atom. The van der Waals surface area contributed by atoms with Crippen molar-refractivity contribution in [1.29, 1.82) is 0 Å². The van der Waals surface area contributed by atoms with Crippen LogP contribution in [0, 0.1) is 6.92 Å². The van der Waals surface area contributed by atoms with Gasteiger partial charge in [-0.15, -0.1) is 0 Å². The molecule has 5 heteroatoms. The molecule has 2 aromatic rings. The van der Waals surface area contributed by atoms with Crippen LogP contribution in [0.4, 0.5) is 0 Å². The topological polar surface area (TPSA) is 36.9 Å². The third-order valence-electron chi connectivity index (χ3n) is 5.22. The molecule has 1 aliphatic heterocycles. The van der Waals surface area contributed by atoms with Crippen molar-refractivity contribution in [3.63, 3.8) is 0 Å². The van der Waals surface area contributed by atoms with Crippen LogP contribution < -0.4 is 14.9 Å². The second kappa shape index (κ2) is 6.97. The van der Waals surface area contributed by atoms with E-state index >= 15 is 0 Å². The van der Waals surface area contributed by atoms with Gasteiger partial charge in [0.15, 0.2) is 11.5 Å². The zero-order valence-electron chi connectivity index (χ0n) is 16.5. The summed E-state index contributed by atoms with van der Waals surface area (Å²) in [5.41, 5.74) is 2.57. The van der Waals surface area contributed by atoms with Crippen LogP contribution >= 0.6 is 0 Å². The summed E-state index contributed by atoms with van der Waals surface area (Å²) in [4.78, 5) is 0. The molecule has 0 bridgehead atoms. The molecule has 0 N–H and O–H groups in total. The van der Waals surface area contributed by atoms with Gasteiger partial charge in [0.05, 0.1) is 18.3 Å². The van der Waals surface area contributed by atoms with Crippen LogP contribution in [-0.4, -0.2) is 25.4 Å². The summed E-state index contributed by atoms with van der Waals surface area (Å²) in [5.74, 6) is 1.49. The maximum atomic E-state index is 6.09. The zero-order chi connectivity index (χ0) is 18.9. The lowest BCUT2D eigenvalue weighted by Crippen LogP contribution is -2.41. The smallest absolute Gasteiger partial charge is 0.493 e. The highest BCUT2D eigenvalue weighted by atomic mass is 16.7. The Hall–Kier alpha value is -1.98. The molecule has 0 atom stereocenters. The molecule has 4 nitrogen and oxygen atoms in total. The molecule has 1 heterocycles. The van der Waals surface area contributed by atoms with Crippen molar-refractivity contribution >= 4 is 12.6 Å². The minimum absolute atomic E-state index is 0.332. The molecule has 138 valence electrons. The number of ether oxygens (including phenoxy) is 2. The minimum atomic E-state index is -0.341. The molecule has 26 heavy (non-hydrogen) atoms. The lowest BCUT2D eigenvalue weighted by Gasteiger charge is -2.32. The van der Waals surface area contributed by atoms with Gasteiger partial charge in [-0.3, -0.25) is 0 Å². The molecular formula is C21H27BO4. The van der Waals surface area contributed by atoms with Gasteiger partial charge in [-0.25, -0.2) is 0 Å². The van der Waals surface area contributed by atoms with Gasteiger partial charge >= 0.3 is 7.12 Å². The Morgan fingerprint density at radius 2 is 1.50 bits per heavy atom. The quantitative estimate of drug-likeness (QED) is 0.764. The van der Waals surface area contributed by atoms with Crippen LogP contribution in [-0.2, 0) is 15.9 Å². The lowest BCUT2D eigenvalue weighted by molar-refractivity contribution is 0.00578. The molecule has 0 aromatic heterocycles. The molecule has 0 unspecified atom stereocenters. The second-order valence-corrected chi connectivity index (χ2v) is 7.77. The number of aryl methyl sites for hydroxylation is 1. The van der Waals surface area contributed by atoms with Gasteiger partial charge < -0.3 is 18.8 Å². The normalized spacial score (nSPS) is 18.0. The fourth-order valence-electron chi connectivity index (χ4n) is 2.81. The first kappa shape index (κ1) is 18.8. The number of hydrogen-bond donors (Lipinski definition) is 0. The van der Waals surface area contributed by atoms with Crippen molar-refractivity contribution < 1.29 is 18.8 Å². The van der Waals surface area contributed by atoms with Gasteiger partial charge in [0.1, 0.15) is 6.61 Å². The predicted octanol–water partition coefficient (Wildman–Crippen LogP) is 3.88. The minimum Gasteiger partial charge on any atom is -0.493 e. The van der Waals surface area contributed by atoms with Crippen LogP contribution in [0.15, 0.2) is 42.5 Å². The first-order valence-electron chi connectivity index (χ1n) is 8.94. The molecule has 0 saturated carbocycles. The highest BCUT2D eigenvalue weighted by molar-refractivity contribution is 6.62. The largest absolute Gasteiger partial charge is 0.494 e. The van der Waals surface area contributed by atoms with Crippen molar-refractivity contribution in [3.8, 4) is 11.5 Å². The monoisotopic (exact) mass is 354 g/mol. The van der Waals surface area contributed by atoms with E-state index in [1.54, 1.807) is 7.11 Å². The van der Waals surface area contributed by atoms with Crippen LogP contribution in [0.5, 0.6) is 11.5 Å². The molecule has 0 aliphatic carbocycles. The molecule has 2 aromatic carbocycles. The van der Waals surface area contributed by atoms with E-state index in [0.29, 0.717) is 6.61 Å². The van der Waals surface area contributed by atoms with Crippen molar-refractivity contribution in [2.45, 2.75) is 52.4 Å². The van der Waals surface area contributed by atoms with Gasteiger partial charge in [-0.2, -0.15) is 0 Å². The molecule has 0 spiro atoms. The van der Waals surface area contributed by atoms with Gasteiger partial charge in [0, 0.05) is 0 Å². The summed E-state index contributed by atoms with van der Waals surface area (Å²) in [7, 11) is 1.31. The van der Waals surface area contributed by atoms with E-state index in [4.69, 9.17) is 18.8 Å². The Morgan fingerprint density at radius 3 is 2.08 bits per heavy atom. The van der Waals surface area contributed by atoms with Crippen LogP contribution in [0.3, 0.4) is 0 Å².